The van der Waals surface area contributed by atoms with Crippen LogP contribution in [-0.2, 0) is 6.54 Å². The SMILES string of the molecule is C1=CC(CNCc2ccccc2)CCC1. The van der Waals surface area contributed by atoms with Crippen LogP contribution < -0.4 is 5.32 Å². The van der Waals surface area contributed by atoms with E-state index in [0.29, 0.717) is 0 Å². The Balaban J connectivity index is 1.70. The predicted octanol–water partition coefficient (Wildman–Crippen LogP) is 3.13. The second kappa shape index (κ2) is 5.72. The van der Waals surface area contributed by atoms with E-state index in [1.54, 1.807) is 0 Å². The van der Waals surface area contributed by atoms with Gasteiger partial charge in [0.2, 0.25) is 0 Å². The maximum absolute atomic E-state index is 3.52. The number of hydrogen-bond acceptors (Lipinski definition) is 1. The lowest BCUT2D eigenvalue weighted by Crippen LogP contribution is -2.22. The third-order valence-corrected chi connectivity index (χ3v) is 2.93. The van der Waals surface area contributed by atoms with E-state index in [1.807, 2.05) is 0 Å². The first-order valence-corrected chi connectivity index (χ1v) is 5.86. The van der Waals surface area contributed by atoms with Crippen molar-refractivity contribution in [2.24, 2.45) is 5.92 Å². The van der Waals surface area contributed by atoms with Gasteiger partial charge in [-0.05, 0) is 30.7 Å². The molecule has 1 aromatic rings. The van der Waals surface area contributed by atoms with Crippen LogP contribution in [0.2, 0.25) is 0 Å². The van der Waals surface area contributed by atoms with Crippen LogP contribution >= 0.6 is 0 Å². The summed E-state index contributed by atoms with van der Waals surface area (Å²) in [5.41, 5.74) is 1.37. The van der Waals surface area contributed by atoms with Crippen LogP contribution in [0.25, 0.3) is 0 Å². The Bertz CT molecular complexity index is 302. The minimum Gasteiger partial charge on any atom is -0.312 e. The van der Waals surface area contributed by atoms with Gasteiger partial charge in [-0.2, -0.15) is 0 Å². The second-order valence-electron chi connectivity index (χ2n) is 4.24. The molecule has 0 aliphatic heterocycles. The molecule has 0 aromatic heterocycles. The standard InChI is InChI=1S/C14H19N/c1-3-7-13(8-4-1)11-15-12-14-9-5-2-6-10-14/h1,3-5,7-9,14-15H,2,6,10-12H2. The van der Waals surface area contributed by atoms with E-state index in [0.717, 1.165) is 19.0 Å². The number of allylic oxidation sites excluding steroid dienone is 1. The third kappa shape index (κ3) is 3.52. The van der Waals surface area contributed by atoms with Gasteiger partial charge in [0.05, 0.1) is 0 Å². The number of rotatable bonds is 4. The van der Waals surface area contributed by atoms with Crippen LogP contribution in [0.1, 0.15) is 24.8 Å². The summed E-state index contributed by atoms with van der Waals surface area (Å²) in [5, 5.41) is 3.52. The zero-order valence-corrected chi connectivity index (χ0v) is 9.15. The normalized spacial score (nSPS) is 20.4. The Morgan fingerprint density at radius 3 is 2.80 bits per heavy atom. The van der Waals surface area contributed by atoms with Gasteiger partial charge in [-0.1, -0.05) is 42.5 Å². The Morgan fingerprint density at radius 2 is 2.07 bits per heavy atom. The fraction of sp³-hybridized carbons (Fsp3) is 0.429. The van der Waals surface area contributed by atoms with Crippen molar-refractivity contribution >= 4 is 0 Å². The van der Waals surface area contributed by atoms with Crippen LogP contribution in [0.4, 0.5) is 0 Å². The maximum atomic E-state index is 3.52. The molecule has 1 aliphatic carbocycles. The molecule has 1 aromatic carbocycles. The Hall–Kier alpha value is -1.08. The summed E-state index contributed by atoms with van der Waals surface area (Å²) in [4.78, 5) is 0. The van der Waals surface area contributed by atoms with E-state index < -0.39 is 0 Å². The first-order valence-electron chi connectivity index (χ1n) is 5.86. The first kappa shape index (κ1) is 10.4. The second-order valence-corrected chi connectivity index (χ2v) is 4.24. The van der Waals surface area contributed by atoms with Gasteiger partial charge in [0.15, 0.2) is 0 Å². The lowest BCUT2D eigenvalue weighted by atomic mass is 9.96. The fourth-order valence-electron chi connectivity index (χ4n) is 2.05. The van der Waals surface area contributed by atoms with Crippen LogP contribution in [0.3, 0.4) is 0 Å². The molecule has 1 atom stereocenters. The Kier molecular flexibility index (Phi) is 3.98. The highest BCUT2D eigenvalue weighted by Crippen LogP contribution is 2.15. The largest absolute Gasteiger partial charge is 0.312 e. The van der Waals surface area contributed by atoms with Crippen molar-refractivity contribution in [2.75, 3.05) is 6.54 Å². The quantitative estimate of drug-likeness (QED) is 0.738. The number of nitrogens with one attached hydrogen (secondary N) is 1. The molecule has 1 unspecified atom stereocenters. The Morgan fingerprint density at radius 1 is 1.20 bits per heavy atom. The average molecular weight is 201 g/mol. The highest BCUT2D eigenvalue weighted by Gasteiger charge is 2.06. The van der Waals surface area contributed by atoms with Crippen molar-refractivity contribution in [3.8, 4) is 0 Å². The van der Waals surface area contributed by atoms with E-state index >= 15 is 0 Å². The molecule has 0 heterocycles. The van der Waals surface area contributed by atoms with Gasteiger partial charge in [-0.15, -0.1) is 0 Å². The summed E-state index contributed by atoms with van der Waals surface area (Å²) in [6, 6.07) is 10.6. The van der Waals surface area contributed by atoms with Gasteiger partial charge >= 0.3 is 0 Å². The minimum absolute atomic E-state index is 0.752. The molecule has 0 spiro atoms. The topological polar surface area (TPSA) is 12.0 Å². The van der Waals surface area contributed by atoms with Gasteiger partial charge in [0.25, 0.3) is 0 Å². The van der Waals surface area contributed by atoms with Gasteiger partial charge in [-0.3, -0.25) is 0 Å². The van der Waals surface area contributed by atoms with Crippen LogP contribution in [0.5, 0.6) is 0 Å². The van der Waals surface area contributed by atoms with Crippen molar-refractivity contribution < 1.29 is 0 Å². The van der Waals surface area contributed by atoms with Gasteiger partial charge in [-0.25, -0.2) is 0 Å². The molecular formula is C14H19N. The number of hydrogen-bond donors (Lipinski definition) is 1. The molecule has 1 heteroatoms. The van der Waals surface area contributed by atoms with E-state index in [-0.39, 0.29) is 0 Å². The zero-order chi connectivity index (χ0) is 10.3. The minimum atomic E-state index is 0.752. The maximum Gasteiger partial charge on any atom is 0.0205 e. The fourth-order valence-corrected chi connectivity index (χ4v) is 2.05. The summed E-state index contributed by atoms with van der Waals surface area (Å²) >= 11 is 0. The molecule has 2 rings (SSSR count). The van der Waals surface area contributed by atoms with E-state index in [4.69, 9.17) is 0 Å². The van der Waals surface area contributed by atoms with Crippen LogP contribution in [-0.4, -0.2) is 6.54 Å². The first-order chi connectivity index (χ1) is 7.45. The van der Waals surface area contributed by atoms with Crippen molar-refractivity contribution in [3.05, 3.63) is 48.0 Å². The van der Waals surface area contributed by atoms with E-state index in [9.17, 15) is 0 Å². The van der Waals surface area contributed by atoms with Crippen molar-refractivity contribution in [1.29, 1.82) is 0 Å². The molecule has 0 saturated heterocycles. The molecule has 0 fully saturated rings. The molecule has 1 nitrogen and oxygen atoms in total. The summed E-state index contributed by atoms with van der Waals surface area (Å²) in [6.07, 6.45) is 8.65. The molecule has 0 amide bonds. The molecular weight excluding hydrogens is 182 g/mol. The summed E-state index contributed by atoms with van der Waals surface area (Å²) in [5.74, 6) is 0.752. The van der Waals surface area contributed by atoms with Crippen LogP contribution in [0, 0.1) is 5.92 Å². The van der Waals surface area contributed by atoms with Gasteiger partial charge in [0.1, 0.15) is 0 Å². The highest BCUT2D eigenvalue weighted by molar-refractivity contribution is 5.14. The van der Waals surface area contributed by atoms with Crippen molar-refractivity contribution in [3.63, 3.8) is 0 Å². The third-order valence-electron chi connectivity index (χ3n) is 2.93. The highest BCUT2D eigenvalue weighted by atomic mass is 14.9. The lowest BCUT2D eigenvalue weighted by molar-refractivity contribution is 0.493. The van der Waals surface area contributed by atoms with Gasteiger partial charge < -0.3 is 5.32 Å². The van der Waals surface area contributed by atoms with E-state index in [1.165, 1.54) is 24.8 Å². The molecule has 0 saturated carbocycles. The zero-order valence-electron chi connectivity index (χ0n) is 9.15. The molecule has 0 bridgehead atoms. The summed E-state index contributed by atoms with van der Waals surface area (Å²) < 4.78 is 0. The van der Waals surface area contributed by atoms with Crippen LogP contribution in [0.15, 0.2) is 42.5 Å². The molecule has 80 valence electrons. The summed E-state index contributed by atoms with van der Waals surface area (Å²) in [6.45, 7) is 2.11. The molecule has 1 aliphatic rings. The average Bonchev–Trinajstić information content (AvgIpc) is 2.32. The molecule has 0 radical (unpaired) electrons. The Labute approximate surface area is 92.2 Å². The summed E-state index contributed by atoms with van der Waals surface area (Å²) in [7, 11) is 0. The smallest absolute Gasteiger partial charge is 0.0205 e. The van der Waals surface area contributed by atoms with E-state index in [2.05, 4.69) is 47.8 Å². The predicted molar refractivity (Wildman–Crippen MR) is 64.6 cm³/mol. The van der Waals surface area contributed by atoms with Crippen molar-refractivity contribution in [1.82, 2.24) is 5.32 Å². The monoisotopic (exact) mass is 201 g/mol. The lowest BCUT2D eigenvalue weighted by Gasteiger charge is -2.16. The number of benzene rings is 1. The molecule has 15 heavy (non-hydrogen) atoms. The molecule has 1 N–H and O–H groups in total. The van der Waals surface area contributed by atoms with Gasteiger partial charge in [0, 0.05) is 13.1 Å². The van der Waals surface area contributed by atoms with Crippen molar-refractivity contribution in [2.45, 2.75) is 25.8 Å².